The van der Waals surface area contributed by atoms with Crippen LogP contribution in [0.15, 0.2) is 18.2 Å². The standard InChI is InChI=1S/C15H22N2O3/c1-15(2,3)17-14(18)9-19-10-5-6-11-12(16-4)8-20-13(11)7-10/h5-7,12,16H,8-9H2,1-4H3,(H,17,18). The molecule has 0 aromatic heterocycles. The number of rotatable bonds is 4. The molecule has 20 heavy (non-hydrogen) atoms. The van der Waals surface area contributed by atoms with E-state index >= 15 is 0 Å². The summed E-state index contributed by atoms with van der Waals surface area (Å²) < 4.78 is 11.1. The molecule has 0 radical (unpaired) electrons. The summed E-state index contributed by atoms with van der Waals surface area (Å²) in [5.74, 6) is 1.33. The second-order valence-electron chi connectivity index (χ2n) is 5.94. The van der Waals surface area contributed by atoms with Crippen molar-refractivity contribution in [3.8, 4) is 11.5 Å². The van der Waals surface area contributed by atoms with E-state index in [-0.39, 0.29) is 24.1 Å². The second kappa shape index (κ2) is 5.71. The Morgan fingerprint density at radius 1 is 1.45 bits per heavy atom. The molecule has 1 unspecified atom stereocenters. The summed E-state index contributed by atoms with van der Waals surface area (Å²) in [5, 5.41) is 6.04. The van der Waals surface area contributed by atoms with Crippen molar-refractivity contribution >= 4 is 5.91 Å². The van der Waals surface area contributed by atoms with Gasteiger partial charge in [-0.2, -0.15) is 0 Å². The van der Waals surface area contributed by atoms with Crippen LogP contribution < -0.4 is 20.1 Å². The van der Waals surface area contributed by atoms with Crippen LogP contribution in [-0.4, -0.2) is 31.7 Å². The van der Waals surface area contributed by atoms with E-state index in [9.17, 15) is 4.79 Å². The fourth-order valence-corrected chi connectivity index (χ4v) is 2.12. The predicted octanol–water partition coefficient (Wildman–Crippen LogP) is 1.63. The molecule has 0 aliphatic carbocycles. The lowest BCUT2D eigenvalue weighted by atomic mass is 10.1. The monoisotopic (exact) mass is 278 g/mol. The van der Waals surface area contributed by atoms with Gasteiger partial charge < -0.3 is 20.1 Å². The molecule has 1 amide bonds. The molecule has 1 aliphatic rings. The molecule has 0 saturated carbocycles. The summed E-state index contributed by atoms with van der Waals surface area (Å²) in [6.45, 7) is 6.44. The first-order valence-corrected chi connectivity index (χ1v) is 6.77. The Morgan fingerprint density at radius 2 is 2.20 bits per heavy atom. The summed E-state index contributed by atoms with van der Waals surface area (Å²) in [7, 11) is 1.91. The number of fused-ring (bicyclic) bond motifs is 1. The fourth-order valence-electron chi connectivity index (χ4n) is 2.12. The minimum Gasteiger partial charge on any atom is -0.491 e. The third-order valence-corrected chi connectivity index (χ3v) is 3.00. The number of hydrogen-bond donors (Lipinski definition) is 2. The van der Waals surface area contributed by atoms with E-state index in [2.05, 4.69) is 10.6 Å². The van der Waals surface area contributed by atoms with Gasteiger partial charge in [0, 0.05) is 17.2 Å². The summed E-state index contributed by atoms with van der Waals surface area (Å²) in [6.07, 6.45) is 0. The van der Waals surface area contributed by atoms with Crippen molar-refractivity contribution in [2.45, 2.75) is 32.4 Å². The zero-order valence-electron chi connectivity index (χ0n) is 12.4. The van der Waals surface area contributed by atoms with Crippen molar-refractivity contribution in [2.24, 2.45) is 0 Å². The third-order valence-electron chi connectivity index (χ3n) is 3.00. The number of carbonyl (C=O) groups excluding carboxylic acids is 1. The lowest BCUT2D eigenvalue weighted by Crippen LogP contribution is -2.43. The highest BCUT2D eigenvalue weighted by molar-refractivity contribution is 5.78. The fraction of sp³-hybridized carbons (Fsp3) is 0.533. The zero-order chi connectivity index (χ0) is 14.8. The van der Waals surface area contributed by atoms with E-state index in [1.807, 2.05) is 46.0 Å². The highest BCUT2D eigenvalue weighted by Gasteiger charge is 2.23. The van der Waals surface area contributed by atoms with E-state index in [1.54, 1.807) is 0 Å². The van der Waals surface area contributed by atoms with E-state index < -0.39 is 0 Å². The molecule has 5 nitrogen and oxygen atoms in total. The lowest BCUT2D eigenvalue weighted by molar-refractivity contribution is -0.124. The van der Waals surface area contributed by atoms with Gasteiger partial charge in [0.15, 0.2) is 6.61 Å². The minimum atomic E-state index is -0.249. The molecule has 1 atom stereocenters. The van der Waals surface area contributed by atoms with Crippen molar-refractivity contribution in [1.82, 2.24) is 10.6 Å². The number of ether oxygens (including phenoxy) is 2. The Hall–Kier alpha value is -1.75. The number of hydrogen-bond acceptors (Lipinski definition) is 4. The number of carbonyl (C=O) groups is 1. The summed E-state index contributed by atoms with van der Waals surface area (Å²) in [6, 6.07) is 5.89. The van der Waals surface area contributed by atoms with Crippen LogP contribution >= 0.6 is 0 Å². The average molecular weight is 278 g/mol. The van der Waals surface area contributed by atoms with Crippen molar-refractivity contribution in [3.63, 3.8) is 0 Å². The molecule has 0 saturated heterocycles. The Labute approximate surface area is 119 Å². The maximum Gasteiger partial charge on any atom is 0.258 e. The first-order chi connectivity index (χ1) is 9.39. The highest BCUT2D eigenvalue weighted by Crippen LogP contribution is 2.34. The molecule has 1 heterocycles. The number of nitrogens with one attached hydrogen (secondary N) is 2. The SMILES string of the molecule is CNC1COc2cc(OCC(=O)NC(C)(C)C)ccc21. The number of amides is 1. The van der Waals surface area contributed by atoms with Gasteiger partial charge in [0.2, 0.25) is 0 Å². The van der Waals surface area contributed by atoms with Crippen molar-refractivity contribution in [2.75, 3.05) is 20.3 Å². The molecule has 1 aliphatic heterocycles. The molecule has 0 bridgehead atoms. The molecule has 1 aromatic carbocycles. The van der Waals surface area contributed by atoms with Crippen molar-refractivity contribution in [1.29, 1.82) is 0 Å². The Morgan fingerprint density at radius 3 is 2.85 bits per heavy atom. The van der Waals surface area contributed by atoms with Gasteiger partial charge in [-0.25, -0.2) is 0 Å². The van der Waals surface area contributed by atoms with Crippen molar-refractivity contribution < 1.29 is 14.3 Å². The third kappa shape index (κ3) is 3.63. The second-order valence-corrected chi connectivity index (χ2v) is 5.94. The maximum atomic E-state index is 11.7. The van der Waals surface area contributed by atoms with Crippen LogP contribution in [0.3, 0.4) is 0 Å². The zero-order valence-corrected chi connectivity index (χ0v) is 12.4. The quantitative estimate of drug-likeness (QED) is 0.879. The first kappa shape index (κ1) is 14.7. The highest BCUT2D eigenvalue weighted by atomic mass is 16.5. The molecule has 2 rings (SSSR count). The average Bonchev–Trinajstić information content (AvgIpc) is 2.76. The van der Waals surface area contributed by atoms with Gasteiger partial charge in [-0.05, 0) is 40.0 Å². The predicted molar refractivity (Wildman–Crippen MR) is 77.1 cm³/mol. The van der Waals surface area contributed by atoms with Crippen LogP contribution in [0.5, 0.6) is 11.5 Å². The summed E-state index contributed by atoms with van der Waals surface area (Å²) in [4.78, 5) is 11.7. The molecular weight excluding hydrogens is 256 g/mol. The number of benzene rings is 1. The Kier molecular flexibility index (Phi) is 4.18. The van der Waals surface area contributed by atoms with Gasteiger partial charge in [0.1, 0.15) is 18.1 Å². The van der Waals surface area contributed by atoms with E-state index in [4.69, 9.17) is 9.47 Å². The molecular formula is C15H22N2O3. The first-order valence-electron chi connectivity index (χ1n) is 6.77. The van der Waals surface area contributed by atoms with E-state index in [1.165, 1.54) is 0 Å². The molecule has 2 N–H and O–H groups in total. The largest absolute Gasteiger partial charge is 0.491 e. The molecule has 0 spiro atoms. The summed E-state index contributed by atoms with van der Waals surface area (Å²) in [5.41, 5.74) is 0.876. The minimum absolute atomic E-state index is 0.00547. The van der Waals surface area contributed by atoms with E-state index in [0.29, 0.717) is 12.4 Å². The van der Waals surface area contributed by atoms with Gasteiger partial charge in [-0.15, -0.1) is 0 Å². The van der Waals surface area contributed by atoms with E-state index in [0.717, 1.165) is 11.3 Å². The maximum absolute atomic E-state index is 11.7. The molecule has 0 fully saturated rings. The smallest absolute Gasteiger partial charge is 0.258 e. The van der Waals surface area contributed by atoms with Crippen LogP contribution in [0.25, 0.3) is 0 Å². The van der Waals surface area contributed by atoms with Crippen molar-refractivity contribution in [3.05, 3.63) is 23.8 Å². The Balaban J connectivity index is 1.94. The van der Waals surface area contributed by atoms with Crippen LogP contribution in [0.1, 0.15) is 32.4 Å². The molecule has 5 heteroatoms. The van der Waals surface area contributed by atoms with Gasteiger partial charge >= 0.3 is 0 Å². The topological polar surface area (TPSA) is 59.6 Å². The van der Waals surface area contributed by atoms with Gasteiger partial charge in [-0.1, -0.05) is 0 Å². The van der Waals surface area contributed by atoms with Crippen LogP contribution in [0.2, 0.25) is 0 Å². The molecule has 1 aromatic rings. The van der Waals surface area contributed by atoms with Crippen LogP contribution in [-0.2, 0) is 4.79 Å². The normalized spacial score (nSPS) is 17.3. The Bertz CT molecular complexity index is 494. The lowest BCUT2D eigenvalue weighted by Gasteiger charge is -2.20. The van der Waals surface area contributed by atoms with Gasteiger partial charge in [0.25, 0.3) is 5.91 Å². The van der Waals surface area contributed by atoms with Crippen LogP contribution in [0, 0.1) is 0 Å². The molecule has 110 valence electrons. The number of likely N-dealkylation sites (N-methyl/N-ethyl adjacent to an activating group) is 1. The van der Waals surface area contributed by atoms with Gasteiger partial charge in [-0.3, -0.25) is 4.79 Å². The summed E-state index contributed by atoms with van der Waals surface area (Å²) >= 11 is 0. The van der Waals surface area contributed by atoms with Crippen LogP contribution in [0.4, 0.5) is 0 Å². The van der Waals surface area contributed by atoms with Gasteiger partial charge in [0.05, 0.1) is 6.04 Å².